The molecule has 2 rings (SSSR count). The second-order valence-electron chi connectivity index (χ2n) is 3.41. The van der Waals surface area contributed by atoms with E-state index in [4.69, 9.17) is 28.3 Å². The molecule has 0 aliphatic rings. The summed E-state index contributed by atoms with van der Waals surface area (Å²) in [6, 6.07) is 5.87. The average molecular weight is 244 g/mol. The SMILES string of the molecule is OCC(Cl)c1cc(CCl)c2[nH]ccc2c1. The highest BCUT2D eigenvalue weighted by molar-refractivity contribution is 6.21. The van der Waals surface area contributed by atoms with Crippen molar-refractivity contribution in [2.24, 2.45) is 0 Å². The minimum Gasteiger partial charge on any atom is -0.394 e. The summed E-state index contributed by atoms with van der Waals surface area (Å²) in [7, 11) is 0. The molecule has 0 amide bonds. The fourth-order valence-corrected chi connectivity index (χ4v) is 2.00. The molecule has 0 saturated carbocycles. The third-order valence-electron chi connectivity index (χ3n) is 2.43. The number of aliphatic hydroxyl groups excluding tert-OH is 1. The smallest absolute Gasteiger partial charge is 0.0816 e. The van der Waals surface area contributed by atoms with Crippen LogP contribution in [-0.4, -0.2) is 16.7 Å². The summed E-state index contributed by atoms with van der Waals surface area (Å²) in [4.78, 5) is 3.13. The van der Waals surface area contributed by atoms with Crippen LogP contribution in [0.1, 0.15) is 16.5 Å². The van der Waals surface area contributed by atoms with Crippen molar-refractivity contribution in [3.05, 3.63) is 35.5 Å². The highest BCUT2D eigenvalue weighted by atomic mass is 35.5. The van der Waals surface area contributed by atoms with E-state index in [1.54, 1.807) is 0 Å². The third-order valence-corrected chi connectivity index (χ3v) is 3.11. The van der Waals surface area contributed by atoms with Crippen molar-refractivity contribution in [1.29, 1.82) is 0 Å². The largest absolute Gasteiger partial charge is 0.394 e. The van der Waals surface area contributed by atoms with Crippen LogP contribution in [0.25, 0.3) is 10.9 Å². The van der Waals surface area contributed by atoms with Crippen LogP contribution in [0.2, 0.25) is 0 Å². The molecular formula is C11H11Cl2NO. The Morgan fingerprint density at radius 1 is 1.40 bits per heavy atom. The van der Waals surface area contributed by atoms with E-state index >= 15 is 0 Å². The normalized spacial score (nSPS) is 13.3. The molecule has 2 nitrogen and oxygen atoms in total. The number of fused-ring (bicyclic) bond motifs is 1. The number of hydrogen-bond acceptors (Lipinski definition) is 1. The second-order valence-corrected chi connectivity index (χ2v) is 4.20. The molecule has 1 unspecified atom stereocenters. The maximum Gasteiger partial charge on any atom is 0.0816 e. The number of aromatic amines is 1. The molecule has 2 aromatic rings. The van der Waals surface area contributed by atoms with Crippen molar-refractivity contribution in [1.82, 2.24) is 4.98 Å². The van der Waals surface area contributed by atoms with E-state index in [1.807, 2.05) is 24.4 Å². The summed E-state index contributed by atoms with van der Waals surface area (Å²) >= 11 is 11.8. The molecule has 1 aromatic carbocycles. The molecular weight excluding hydrogens is 233 g/mol. The summed E-state index contributed by atoms with van der Waals surface area (Å²) in [6.45, 7) is -0.0702. The van der Waals surface area contributed by atoms with E-state index in [1.165, 1.54) is 0 Å². The Balaban J connectivity index is 2.58. The summed E-state index contributed by atoms with van der Waals surface area (Å²) in [5.41, 5.74) is 2.95. The van der Waals surface area contributed by atoms with Gasteiger partial charge in [0.05, 0.1) is 12.0 Å². The monoisotopic (exact) mass is 243 g/mol. The quantitative estimate of drug-likeness (QED) is 0.799. The molecule has 0 bridgehead atoms. The number of nitrogens with one attached hydrogen (secondary N) is 1. The minimum absolute atomic E-state index is 0.0702. The van der Waals surface area contributed by atoms with Gasteiger partial charge in [-0.05, 0) is 23.3 Å². The molecule has 0 aliphatic carbocycles. The van der Waals surface area contributed by atoms with Crippen molar-refractivity contribution >= 4 is 34.1 Å². The lowest BCUT2D eigenvalue weighted by atomic mass is 10.1. The van der Waals surface area contributed by atoms with Crippen LogP contribution in [-0.2, 0) is 5.88 Å². The predicted molar refractivity (Wildman–Crippen MR) is 63.5 cm³/mol. The Morgan fingerprint density at radius 2 is 2.20 bits per heavy atom. The van der Waals surface area contributed by atoms with Gasteiger partial charge in [-0.15, -0.1) is 23.2 Å². The fraction of sp³-hybridized carbons (Fsp3) is 0.273. The van der Waals surface area contributed by atoms with E-state index < -0.39 is 0 Å². The van der Waals surface area contributed by atoms with Crippen molar-refractivity contribution in [3.8, 4) is 0 Å². The molecule has 4 heteroatoms. The van der Waals surface area contributed by atoms with Gasteiger partial charge in [0.2, 0.25) is 0 Å². The zero-order valence-electron chi connectivity index (χ0n) is 8.00. The summed E-state index contributed by atoms with van der Waals surface area (Å²) < 4.78 is 0. The van der Waals surface area contributed by atoms with Crippen molar-refractivity contribution in [3.63, 3.8) is 0 Å². The van der Waals surface area contributed by atoms with E-state index in [0.29, 0.717) is 5.88 Å². The zero-order chi connectivity index (χ0) is 10.8. The molecule has 0 saturated heterocycles. The lowest BCUT2D eigenvalue weighted by Gasteiger charge is -2.09. The molecule has 0 spiro atoms. The van der Waals surface area contributed by atoms with Crippen LogP contribution < -0.4 is 0 Å². The van der Waals surface area contributed by atoms with E-state index in [-0.39, 0.29) is 12.0 Å². The van der Waals surface area contributed by atoms with E-state index in [9.17, 15) is 0 Å². The van der Waals surface area contributed by atoms with Gasteiger partial charge in [-0.3, -0.25) is 0 Å². The maximum absolute atomic E-state index is 9.00. The molecule has 1 atom stereocenters. The topological polar surface area (TPSA) is 36.0 Å². The van der Waals surface area contributed by atoms with Gasteiger partial charge in [0.25, 0.3) is 0 Å². The summed E-state index contributed by atoms with van der Waals surface area (Å²) in [5.74, 6) is 0.430. The fourth-order valence-electron chi connectivity index (χ4n) is 1.67. The molecule has 2 N–H and O–H groups in total. The molecule has 80 valence electrons. The predicted octanol–water partition coefficient (Wildman–Crippen LogP) is 3.18. The molecule has 1 aromatic heterocycles. The number of alkyl halides is 2. The number of benzene rings is 1. The first-order valence-corrected chi connectivity index (χ1v) is 5.64. The Labute approximate surface area is 97.8 Å². The zero-order valence-corrected chi connectivity index (χ0v) is 9.52. The Kier molecular flexibility index (Phi) is 3.19. The first kappa shape index (κ1) is 10.8. The number of aromatic nitrogens is 1. The summed E-state index contributed by atoms with van der Waals surface area (Å²) in [5, 5.41) is 9.70. The number of hydrogen-bond donors (Lipinski definition) is 2. The van der Waals surface area contributed by atoms with Gasteiger partial charge >= 0.3 is 0 Å². The van der Waals surface area contributed by atoms with Gasteiger partial charge in [-0.2, -0.15) is 0 Å². The number of halogens is 2. The van der Waals surface area contributed by atoms with Crippen LogP contribution >= 0.6 is 23.2 Å². The van der Waals surface area contributed by atoms with Crippen molar-refractivity contribution < 1.29 is 5.11 Å². The highest BCUT2D eigenvalue weighted by Gasteiger charge is 2.10. The molecule has 1 heterocycles. The van der Waals surface area contributed by atoms with Gasteiger partial charge < -0.3 is 10.1 Å². The van der Waals surface area contributed by atoms with Gasteiger partial charge in [0.1, 0.15) is 0 Å². The molecule has 15 heavy (non-hydrogen) atoms. The van der Waals surface area contributed by atoms with Crippen LogP contribution in [0, 0.1) is 0 Å². The Morgan fingerprint density at radius 3 is 2.87 bits per heavy atom. The van der Waals surface area contributed by atoms with Gasteiger partial charge in [-0.25, -0.2) is 0 Å². The molecule has 0 aliphatic heterocycles. The van der Waals surface area contributed by atoms with E-state index in [2.05, 4.69) is 4.98 Å². The van der Waals surface area contributed by atoms with Gasteiger partial charge in [-0.1, -0.05) is 6.07 Å². The molecule has 0 radical (unpaired) electrons. The number of rotatable bonds is 3. The lowest BCUT2D eigenvalue weighted by molar-refractivity contribution is 0.294. The molecule has 0 fully saturated rings. The standard InChI is InChI=1S/C11H11Cl2NO/c12-5-9-4-8(10(13)6-15)3-7-1-2-14-11(7)9/h1-4,10,14-15H,5-6H2. The van der Waals surface area contributed by atoms with Crippen molar-refractivity contribution in [2.45, 2.75) is 11.3 Å². The first-order chi connectivity index (χ1) is 7.26. The first-order valence-electron chi connectivity index (χ1n) is 4.67. The van der Waals surface area contributed by atoms with Crippen molar-refractivity contribution in [2.75, 3.05) is 6.61 Å². The number of aliphatic hydroxyl groups is 1. The van der Waals surface area contributed by atoms with Crippen LogP contribution in [0.5, 0.6) is 0 Å². The van der Waals surface area contributed by atoms with Gasteiger partial charge in [0.15, 0.2) is 0 Å². The maximum atomic E-state index is 9.00. The van der Waals surface area contributed by atoms with Gasteiger partial charge in [0, 0.05) is 23.0 Å². The highest BCUT2D eigenvalue weighted by Crippen LogP contribution is 2.27. The number of H-pyrrole nitrogens is 1. The second kappa shape index (κ2) is 4.44. The van der Waals surface area contributed by atoms with Crippen LogP contribution in [0.3, 0.4) is 0 Å². The lowest BCUT2D eigenvalue weighted by Crippen LogP contribution is -1.97. The summed E-state index contributed by atoms with van der Waals surface area (Å²) in [6.07, 6.45) is 1.87. The van der Waals surface area contributed by atoms with E-state index in [0.717, 1.165) is 22.0 Å². The third kappa shape index (κ3) is 1.98. The Hall–Kier alpha value is -0.700. The van der Waals surface area contributed by atoms with Crippen LogP contribution in [0.15, 0.2) is 24.4 Å². The minimum atomic E-state index is -0.369. The van der Waals surface area contributed by atoms with Crippen LogP contribution in [0.4, 0.5) is 0 Å². The average Bonchev–Trinajstić information content (AvgIpc) is 2.74. The Bertz CT molecular complexity index is 467.